The van der Waals surface area contributed by atoms with E-state index >= 15 is 0 Å². The van der Waals surface area contributed by atoms with Gasteiger partial charge in [-0.05, 0) is 44.9 Å². The van der Waals surface area contributed by atoms with Crippen LogP contribution in [0.5, 0.6) is 0 Å². The van der Waals surface area contributed by atoms with E-state index in [0.29, 0.717) is 17.8 Å². The molecule has 3 N–H and O–H groups in total. The van der Waals surface area contributed by atoms with E-state index in [0.717, 1.165) is 19.4 Å². The van der Waals surface area contributed by atoms with E-state index in [2.05, 4.69) is 16.0 Å². The molecule has 0 bridgehead atoms. The van der Waals surface area contributed by atoms with Crippen LogP contribution in [0, 0.1) is 0 Å². The summed E-state index contributed by atoms with van der Waals surface area (Å²) in [6.45, 7) is 5.53. The summed E-state index contributed by atoms with van der Waals surface area (Å²) in [4.78, 5) is 23.9. The maximum absolute atomic E-state index is 12.0. The summed E-state index contributed by atoms with van der Waals surface area (Å²) in [7, 11) is 0. The van der Waals surface area contributed by atoms with E-state index < -0.39 is 0 Å². The Balaban J connectivity index is 1.79. The second kappa shape index (κ2) is 8.64. The van der Waals surface area contributed by atoms with Gasteiger partial charge in [0, 0.05) is 30.4 Å². The normalized spacial score (nSPS) is 17.3. The molecule has 1 aliphatic rings. The summed E-state index contributed by atoms with van der Waals surface area (Å²) < 4.78 is 5.49. The van der Waals surface area contributed by atoms with Crippen molar-refractivity contribution in [1.82, 2.24) is 10.6 Å². The number of benzene rings is 1. The molecule has 1 aromatic carbocycles. The lowest BCUT2D eigenvalue weighted by Gasteiger charge is -2.12. The lowest BCUT2D eigenvalue weighted by atomic mass is 10.1. The Morgan fingerprint density at radius 3 is 2.87 bits per heavy atom. The maximum atomic E-state index is 12.0. The molecule has 0 spiro atoms. The highest BCUT2D eigenvalue weighted by molar-refractivity contribution is 5.97. The molecule has 6 nitrogen and oxygen atoms in total. The van der Waals surface area contributed by atoms with Gasteiger partial charge in [-0.1, -0.05) is 6.07 Å². The van der Waals surface area contributed by atoms with Crippen LogP contribution in [0.15, 0.2) is 24.3 Å². The van der Waals surface area contributed by atoms with Gasteiger partial charge < -0.3 is 20.7 Å². The van der Waals surface area contributed by atoms with E-state index in [9.17, 15) is 9.59 Å². The van der Waals surface area contributed by atoms with Crippen molar-refractivity contribution in [3.8, 4) is 0 Å². The Hall–Kier alpha value is -1.92. The Labute approximate surface area is 137 Å². The molecule has 0 saturated carbocycles. The lowest BCUT2D eigenvalue weighted by molar-refractivity contribution is -0.115. The van der Waals surface area contributed by atoms with Crippen LogP contribution in [0.2, 0.25) is 0 Å². The highest BCUT2D eigenvalue weighted by Gasteiger charge is 2.15. The average molecular weight is 319 g/mol. The molecule has 0 aliphatic carbocycles. The molecule has 1 aromatic rings. The molecule has 1 fully saturated rings. The van der Waals surface area contributed by atoms with Crippen LogP contribution in [-0.2, 0) is 9.53 Å². The predicted octanol–water partition coefficient (Wildman–Crippen LogP) is 1.53. The van der Waals surface area contributed by atoms with E-state index in [1.54, 1.807) is 24.3 Å². The van der Waals surface area contributed by atoms with Gasteiger partial charge in [-0.25, -0.2) is 0 Å². The van der Waals surface area contributed by atoms with Crippen molar-refractivity contribution in [3.63, 3.8) is 0 Å². The van der Waals surface area contributed by atoms with E-state index in [1.165, 1.54) is 0 Å². The largest absolute Gasteiger partial charge is 0.377 e. The molecule has 1 atom stereocenters. The molecule has 1 heterocycles. The van der Waals surface area contributed by atoms with Crippen LogP contribution in [0.3, 0.4) is 0 Å². The maximum Gasteiger partial charge on any atom is 0.251 e. The molecule has 0 radical (unpaired) electrons. The summed E-state index contributed by atoms with van der Waals surface area (Å²) >= 11 is 0. The topological polar surface area (TPSA) is 79.5 Å². The molecule has 1 aliphatic heterocycles. The van der Waals surface area contributed by atoms with Gasteiger partial charge in [0.25, 0.3) is 5.91 Å². The lowest BCUT2D eigenvalue weighted by Crippen LogP contribution is -2.33. The van der Waals surface area contributed by atoms with Gasteiger partial charge in [0.1, 0.15) is 0 Å². The van der Waals surface area contributed by atoms with Gasteiger partial charge in [0.15, 0.2) is 0 Å². The fourth-order valence-corrected chi connectivity index (χ4v) is 2.44. The number of hydrogen-bond acceptors (Lipinski definition) is 4. The third-order valence-electron chi connectivity index (χ3n) is 3.51. The summed E-state index contributed by atoms with van der Waals surface area (Å²) in [5.74, 6) is -0.281. The zero-order chi connectivity index (χ0) is 16.7. The van der Waals surface area contributed by atoms with Gasteiger partial charge in [-0.2, -0.15) is 0 Å². The summed E-state index contributed by atoms with van der Waals surface area (Å²) in [5.41, 5.74) is 1.15. The second-order valence-electron chi connectivity index (χ2n) is 6.02. The SMILES string of the molecule is CC(C)NC(=O)c1cccc(NC(=O)CNCC2CCCO2)c1. The minimum atomic E-state index is -0.146. The standard InChI is InChI=1S/C17H25N3O3/c1-12(2)19-17(22)13-5-3-6-14(9-13)20-16(21)11-18-10-15-7-4-8-23-15/h3,5-6,9,12,15,18H,4,7-8,10-11H2,1-2H3,(H,19,22)(H,20,21). The second-order valence-corrected chi connectivity index (χ2v) is 6.02. The fourth-order valence-electron chi connectivity index (χ4n) is 2.44. The summed E-state index contributed by atoms with van der Waals surface area (Å²) in [6, 6.07) is 7.00. The van der Waals surface area contributed by atoms with E-state index in [-0.39, 0.29) is 30.5 Å². The Bertz CT molecular complexity index is 540. The molecule has 0 aromatic heterocycles. The molecule has 1 saturated heterocycles. The first-order valence-corrected chi connectivity index (χ1v) is 8.07. The van der Waals surface area contributed by atoms with Crippen molar-refractivity contribution >= 4 is 17.5 Å². The number of carbonyl (C=O) groups is 2. The Morgan fingerprint density at radius 1 is 1.35 bits per heavy atom. The molecule has 1 unspecified atom stereocenters. The predicted molar refractivity (Wildman–Crippen MR) is 89.5 cm³/mol. The van der Waals surface area contributed by atoms with Gasteiger partial charge in [-0.15, -0.1) is 0 Å². The number of rotatable bonds is 7. The van der Waals surface area contributed by atoms with Gasteiger partial charge in [-0.3, -0.25) is 9.59 Å². The van der Waals surface area contributed by atoms with Gasteiger partial charge in [0.2, 0.25) is 5.91 Å². The smallest absolute Gasteiger partial charge is 0.251 e. The minimum Gasteiger partial charge on any atom is -0.377 e. The van der Waals surface area contributed by atoms with Crippen LogP contribution in [0.4, 0.5) is 5.69 Å². The molecule has 126 valence electrons. The van der Waals surface area contributed by atoms with E-state index in [4.69, 9.17) is 4.74 Å². The van der Waals surface area contributed by atoms with Crippen LogP contribution >= 0.6 is 0 Å². The van der Waals surface area contributed by atoms with Crippen molar-refractivity contribution in [3.05, 3.63) is 29.8 Å². The number of carbonyl (C=O) groups excluding carboxylic acids is 2. The first-order valence-electron chi connectivity index (χ1n) is 8.07. The van der Waals surface area contributed by atoms with Crippen LogP contribution in [0.25, 0.3) is 0 Å². The molecule has 6 heteroatoms. The molecular formula is C17H25N3O3. The fraction of sp³-hybridized carbons (Fsp3) is 0.529. The number of amides is 2. The zero-order valence-electron chi connectivity index (χ0n) is 13.7. The minimum absolute atomic E-state index is 0.0720. The molecular weight excluding hydrogens is 294 g/mol. The number of nitrogens with one attached hydrogen (secondary N) is 3. The quantitative estimate of drug-likeness (QED) is 0.712. The van der Waals surface area contributed by atoms with Gasteiger partial charge >= 0.3 is 0 Å². The molecule has 2 rings (SSSR count). The first-order chi connectivity index (χ1) is 11.0. The van der Waals surface area contributed by atoms with Crippen molar-refractivity contribution in [1.29, 1.82) is 0 Å². The van der Waals surface area contributed by atoms with Crippen molar-refractivity contribution in [2.45, 2.75) is 38.8 Å². The van der Waals surface area contributed by atoms with Gasteiger partial charge in [0.05, 0.1) is 12.6 Å². The Morgan fingerprint density at radius 2 is 2.17 bits per heavy atom. The van der Waals surface area contributed by atoms with E-state index in [1.807, 2.05) is 13.8 Å². The number of anilines is 1. The molecule has 2 amide bonds. The monoisotopic (exact) mass is 319 g/mol. The van der Waals surface area contributed by atoms with Crippen LogP contribution in [0.1, 0.15) is 37.0 Å². The third kappa shape index (κ3) is 6.00. The third-order valence-corrected chi connectivity index (χ3v) is 3.51. The average Bonchev–Trinajstić information content (AvgIpc) is 3.00. The zero-order valence-corrected chi connectivity index (χ0v) is 13.7. The van der Waals surface area contributed by atoms with Crippen molar-refractivity contribution < 1.29 is 14.3 Å². The highest BCUT2D eigenvalue weighted by atomic mass is 16.5. The Kier molecular flexibility index (Phi) is 6.55. The van der Waals surface area contributed by atoms with Crippen LogP contribution < -0.4 is 16.0 Å². The van der Waals surface area contributed by atoms with Crippen LogP contribution in [-0.4, -0.2) is 43.7 Å². The summed E-state index contributed by atoms with van der Waals surface area (Å²) in [5, 5.41) is 8.72. The van der Waals surface area contributed by atoms with Crippen molar-refractivity contribution in [2.24, 2.45) is 0 Å². The summed E-state index contributed by atoms with van der Waals surface area (Å²) in [6.07, 6.45) is 2.34. The van der Waals surface area contributed by atoms with Crippen molar-refractivity contribution in [2.75, 3.05) is 25.0 Å². The molecule has 23 heavy (non-hydrogen) atoms. The number of ether oxygens (including phenoxy) is 1. The first kappa shape index (κ1) is 17.4. The number of hydrogen-bond donors (Lipinski definition) is 3. The highest BCUT2D eigenvalue weighted by Crippen LogP contribution is 2.11.